The smallest absolute Gasteiger partial charge is 0.244 e. The number of amides is 1. The number of carbonyl (C=O) groups is 1. The predicted molar refractivity (Wildman–Crippen MR) is 83.6 cm³/mol. The lowest BCUT2D eigenvalue weighted by molar-refractivity contribution is -0.135. The highest BCUT2D eigenvalue weighted by atomic mass is 32.2. The van der Waals surface area contributed by atoms with Crippen LogP contribution < -0.4 is 5.73 Å². The summed E-state index contributed by atoms with van der Waals surface area (Å²) in [6, 6.07) is 9.62. The maximum atomic E-state index is 12.7. The molecule has 3 rings (SSSR count). The first-order valence-corrected chi connectivity index (χ1v) is 8.55. The molecular weight excluding hydrogens is 268 g/mol. The second-order valence-corrected chi connectivity index (χ2v) is 7.03. The Hall–Kier alpha value is -1.00. The van der Waals surface area contributed by atoms with Gasteiger partial charge in [0.15, 0.2) is 0 Å². The number of benzene rings is 1. The quantitative estimate of drug-likeness (QED) is 0.910. The van der Waals surface area contributed by atoms with Gasteiger partial charge in [0.1, 0.15) is 6.04 Å². The number of hydrogen-bond donors (Lipinski definition) is 1. The summed E-state index contributed by atoms with van der Waals surface area (Å²) in [5.41, 5.74) is 7.11. The molecule has 1 aromatic rings. The van der Waals surface area contributed by atoms with Crippen molar-refractivity contribution in [2.45, 2.75) is 43.0 Å². The Morgan fingerprint density at radius 1 is 1.25 bits per heavy atom. The fraction of sp³-hybridized carbons (Fsp3) is 0.562. The van der Waals surface area contributed by atoms with E-state index in [1.165, 1.54) is 19.3 Å². The highest BCUT2D eigenvalue weighted by Gasteiger charge is 2.37. The molecule has 1 aliphatic heterocycles. The number of hydrogen-bond acceptors (Lipinski definition) is 3. The van der Waals surface area contributed by atoms with E-state index in [1.807, 2.05) is 42.1 Å². The van der Waals surface area contributed by atoms with Gasteiger partial charge in [-0.3, -0.25) is 4.79 Å². The van der Waals surface area contributed by atoms with Gasteiger partial charge in [-0.05, 0) is 18.4 Å². The largest absolute Gasteiger partial charge is 0.336 e. The maximum absolute atomic E-state index is 12.7. The van der Waals surface area contributed by atoms with Gasteiger partial charge in [0.2, 0.25) is 5.91 Å². The zero-order chi connectivity index (χ0) is 13.9. The highest BCUT2D eigenvalue weighted by Crippen LogP contribution is 2.36. The van der Waals surface area contributed by atoms with Gasteiger partial charge in [0.05, 0.1) is 0 Å². The van der Waals surface area contributed by atoms with Crippen molar-refractivity contribution < 1.29 is 4.79 Å². The van der Waals surface area contributed by atoms with E-state index in [-0.39, 0.29) is 5.91 Å². The molecule has 1 saturated carbocycles. The lowest BCUT2D eigenvalue weighted by Crippen LogP contribution is -2.54. The van der Waals surface area contributed by atoms with Crippen molar-refractivity contribution in [3.05, 3.63) is 35.9 Å². The first kappa shape index (κ1) is 14.0. The molecule has 0 bridgehead atoms. The van der Waals surface area contributed by atoms with Crippen molar-refractivity contribution in [2.75, 3.05) is 12.3 Å². The number of nitrogens with two attached hydrogens (primary N) is 1. The zero-order valence-corrected chi connectivity index (χ0v) is 12.5. The molecule has 2 fully saturated rings. The van der Waals surface area contributed by atoms with E-state index in [2.05, 4.69) is 4.90 Å². The van der Waals surface area contributed by atoms with Crippen LogP contribution in [0.25, 0.3) is 0 Å². The van der Waals surface area contributed by atoms with E-state index >= 15 is 0 Å². The molecule has 0 radical (unpaired) electrons. The number of thioether (sulfide) groups is 1. The van der Waals surface area contributed by atoms with Crippen LogP contribution in [0, 0.1) is 0 Å². The number of rotatable bonds is 2. The molecule has 0 spiro atoms. The fourth-order valence-electron chi connectivity index (χ4n) is 3.35. The van der Waals surface area contributed by atoms with Crippen LogP contribution in [0.4, 0.5) is 0 Å². The number of carbonyl (C=O) groups excluding carboxylic acids is 1. The summed E-state index contributed by atoms with van der Waals surface area (Å²) in [5.74, 6) is 1.16. The normalized spacial score (nSPS) is 27.8. The lowest BCUT2D eigenvalue weighted by Gasteiger charge is -2.44. The molecule has 1 amide bonds. The van der Waals surface area contributed by atoms with E-state index in [1.54, 1.807) is 0 Å². The van der Waals surface area contributed by atoms with Gasteiger partial charge in [0, 0.05) is 23.6 Å². The molecule has 1 aliphatic carbocycles. The molecule has 2 aliphatic rings. The van der Waals surface area contributed by atoms with Crippen LogP contribution in [-0.2, 0) is 4.79 Å². The summed E-state index contributed by atoms with van der Waals surface area (Å²) >= 11 is 2.04. The average molecular weight is 290 g/mol. The summed E-state index contributed by atoms with van der Waals surface area (Å²) in [6.45, 7) is 0.852. The highest BCUT2D eigenvalue weighted by molar-refractivity contribution is 8.00. The SMILES string of the molecule is NC(C(=O)N1CCSC2CCCCC21)c1ccccc1. The summed E-state index contributed by atoms with van der Waals surface area (Å²) in [7, 11) is 0. The molecule has 2 N–H and O–H groups in total. The Bertz CT molecular complexity index is 463. The average Bonchev–Trinajstić information content (AvgIpc) is 2.54. The second-order valence-electron chi connectivity index (χ2n) is 5.68. The topological polar surface area (TPSA) is 46.3 Å². The molecule has 108 valence electrons. The zero-order valence-electron chi connectivity index (χ0n) is 11.7. The molecule has 3 unspecified atom stereocenters. The molecule has 1 aromatic carbocycles. The Balaban J connectivity index is 1.75. The summed E-state index contributed by atoms with van der Waals surface area (Å²) < 4.78 is 0. The Morgan fingerprint density at radius 2 is 2.00 bits per heavy atom. The van der Waals surface area contributed by atoms with Crippen LogP contribution in [0.1, 0.15) is 37.3 Å². The first-order chi connectivity index (χ1) is 9.77. The third-order valence-corrected chi connectivity index (χ3v) is 5.84. The van der Waals surface area contributed by atoms with E-state index < -0.39 is 6.04 Å². The standard InChI is InChI=1S/C16H22N2OS/c17-15(12-6-2-1-3-7-12)16(19)18-10-11-20-14-9-5-4-8-13(14)18/h1-3,6-7,13-15H,4-5,8-11,17H2. The van der Waals surface area contributed by atoms with Crippen LogP contribution in [0.5, 0.6) is 0 Å². The fourth-order valence-corrected chi connectivity index (χ4v) is 4.80. The minimum absolute atomic E-state index is 0.105. The van der Waals surface area contributed by atoms with E-state index in [0.717, 1.165) is 24.3 Å². The molecule has 4 heteroatoms. The third-order valence-electron chi connectivity index (χ3n) is 4.44. The Kier molecular flexibility index (Phi) is 4.32. The Morgan fingerprint density at radius 3 is 2.80 bits per heavy atom. The summed E-state index contributed by atoms with van der Waals surface area (Å²) in [5, 5.41) is 0.629. The van der Waals surface area contributed by atoms with Gasteiger partial charge in [0.25, 0.3) is 0 Å². The minimum Gasteiger partial charge on any atom is -0.336 e. The van der Waals surface area contributed by atoms with Crippen molar-refractivity contribution >= 4 is 17.7 Å². The molecule has 1 heterocycles. The van der Waals surface area contributed by atoms with Crippen LogP contribution in [0.2, 0.25) is 0 Å². The van der Waals surface area contributed by atoms with Gasteiger partial charge in [-0.2, -0.15) is 11.8 Å². The van der Waals surface area contributed by atoms with E-state index in [9.17, 15) is 4.79 Å². The monoisotopic (exact) mass is 290 g/mol. The van der Waals surface area contributed by atoms with Gasteiger partial charge in [-0.25, -0.2) is 0 Å². The van der Waals surface area contributed by atoms with Crippen molar-refractivity contribution in [2.24, 2.45) is 5.73 Å². The van der Waals surface area contributed by atoms with Crippen LogP contribution in [0.3, 0.4) is 0 Å². The number of nitrogens with zero attached hydrogens (tertiary/aromatic N) is 1. The van der Waals surface area contributed by atoms with Crippen LogP contribution in [0.15, 0.2) is 30.3 Å². The first-order valence-electron chi connectivity index (χ1n) is 7.50. The molecule has 3 atom stereocenters. The van der Waals surface area contributed by atoms with Gasteiger partial charge < -0.3 is 10.6 Å². The maximum Gasteiger partial charge on any atom is 0.244 e. The summed E-state index contributed by atoms with van der Waals surface area (Å²) in [4.78, 5) is 14.8. The van der Waals surface area contributed by atoms with Crippen molar-refractivity contribution in [1.29, 1.82) is 0 Å². The van der Waals surface area contributed by atoms with Crippen molar-refractivity contribution in [3.63, 3.8) is 0 Å². The second kappa shape index (κ2) is 6.19. The molecule has 1 saturated heterocycles. The number of fused-ring (bicyclic) bond motifs is 1. The van der Waals surface area contributed by atoms with Crippen molar-refractivity contribution in [3.8, 4) is 0 Å². The van der Waals surface area contributed by atoms with Gasteiger partial charge >= 0.3 is 0 Å². The minimum atomic E-state index is -0.512. The summed E-state index contributed by atoms with van der Waals surface area (Å²) in [6.07, 6.45) is 4.94. The Labute approximate surface area is 124 Å². The van der Waals surface area contributed by atoms with Crippen LogP contribution >= 0.6 is 11.8 Å². The van der Waals surface area contributed by atoms with Gasteiger partial charge in [-0.1, -0.05) is 43.2 Å². The third kappa shape index (κ3) is 2.72. The molecule has 0 aromatic heterocycles. The predicted octanol–water partition coefficient (Wildman–Crippen LogP) is 2.57. The molecular formula is C16H22N2OS. The van der Waals surface area contributed by atoms with Crippen LogP contribution in [-0.4, -0.2) is 34.4 Å². The van der Waals surface area contributed by atoms with E-state index in [0.29, 0.717) is 11.3 Å². The lowest BCUT2D eigenvalue weighted by atomic mass is 9.92. The van der Waals surface area contributed by atoms with Gasteiger partial charge in [-0.15, -0.1) is 0 Å². The molecule has 20 heavy (non-hydrogen) atoms. The van der Waals surface area contributed by atoms with Crippen molar-refractivity contribution in [1.82, 2.24) is 4.90 Å². The van der Waals surface area contributed by atoms with E-state index in [4.69, 9.17) is 5.73 Å². The molecule has 3 nitrogen and oxygen atoms in total.